The van der Waals surface area contributed by atoms with Crippen LogP contribution in [0.5, 0.6) is 23.0 Å². The van der Waals surface area contributed by atoms with Crippen LogP contribution in [-0.2, 0) is 24.4 Å². The summed E-state index contributed by atoms with van der Waals surface area (Å²) in [6.45, 7) is 2.71. The molecule has 1 heterocycles. The number of nitrogens with one attached hydrogen (secondary N) is 1. The van der Waals surface area contributed by atoms with Gasteiger partial charge >= 0.3 is 0 Å². The highest BCUT2D eigenvalue weighted by Crippen LogP contribution is 2.34. The number of thiazole rings is 1. The lowest BCUT2D eigenvalue weighted by atomic mass is 10.1. The summed E-state index contributed by atoms with van der Waals surface area (Å²) in [5.41, 5.74) is 2.68. The lowest BCUT2D eigenvalue weighted by molar-refractivity contribution is -0.120. The molecule has 164 valence electrons. The number of carbonyl (C=O) groups excluding carboxylic acids is 1. The number of carbonyl (C=O) groups is 1. The molecule has 8 heteroatoms. The summed E-state index contributed by atoms with van der Waals surface area (Å²) in [6.07, 6.45) is 0.191. The molecule has 0 spiro atoms. The molecule has 1 N–H and O–H groups in total. The van der Waals surface area contributed by atoms with E-state index < -0.39 is 0 Å². The van der Waals surface area contributed by atoms with Gasteiger partial charge in [0.2, 0.25) is 5.91 Å². The van der Waals surface area contributed by atoms with Crippen molar-refractivity contribution in [1.29, 1.82) is 0 Å². The first-order chi connectivity index (χ1) is 15.0. The molecule has 0 atom stereocenters. The summed E-state index contributed by atoms with van der Waals surface area (Å²) >= 11 is 1.48. The highest BCUT2D eigenvalue weighted by atomic mass is 32.1. The number of aryl methyl sites for hydroxylation is 1. The Morgan fingerprint density at radius 1 is 1.00 bits per heavy atom. The Hall–Kier alpha value is -3.26. The Labute approximate surface area is 185 Å². The van der Waals surface area contributed by atoms with Crippen LogP contribution in [0.2, 0.25) is 0 Å². The van der Waals surface area contributed by atoms with Crippen molar-refractivity contribution in [2.75, 3.05) is 21.3 Å². The van der Waals surface area contributed by atoms with Crippen molar-refractivity contribution in [3.8, 4) is 23.0 Å². The third-order valence-corrected chi connectivity index (χ3v) is 5.46. The van der Waals surface area contributed by atoms with Gasteiger partial charge in [0, 0.05) is 23.6 Å². The summed E-state index contributed by atoms with van der Waals surface area (Å²) in [5, 5.41) is 5.60. The van der Waals surface area contributed by atoms with Gasteiger partial charge in [-0.05, 0) is 25.1 Å². The Morgan fingerprint density at radius 3 is 2.35 bits per heavy atom. The maximum atomic E-state index is 12.4. The zero-order chi connectivity index (χ0) is 22.2. The van der Waals surface area contributed by atoms with Crippen LogP contribution < -0.4 is 24.3 Å². The number of hydrogen-bond donors (Lipinski definition) is 1. The lowest BCUT2D eigenvalue weighted by Gasteiger charge is -2.14. The summed E-state index contributed by atoms with van der Waals surface area (Å²) in [5.74, 6) is 2.42. The number of amides is 1. The second kappa shape index (κ2) is 10.7. The number of hydrogen-bond acceptors (Lipinski definition) is 7. The van der Waals surface area contributed by atoms with E-state index in [1.807, 2.05) is 36.6 Å². The summed E-state index contributed by atoms with van der Waals surface area (Å²) < 4.78 is 21.8. The number of benzene rings is 2. The average molecular weight is 443 g/mol. The molecule has 7 nitrogen and oxygen atoms in total. The SMILES string of the molecule is COc1cc(OC)c(OC)cc1CNC(=O)Cc1csc(COc2ccc(C)cc2)n1. The Bertz CT molecular complexity index is 1020. The number of methoxy groups -OCH3 is 3. The maximum Gasteiger partial charge on any atom is 0.226 e. The Balaban J connectivity index is 1.54. The Morgan fingerprint density at radius 2 is 1.68 bits per heavy atom. The topological polar surface area (TPSA) is 78.9 Å². The summed E-state index contributed by atoms with van der Waals surface area (Å²) in [6, 6.07) is 11.4. The van der Waals surface area contributed by atoms with Crippen LogP contribution in [0.4, 0.5) is 0 Å². The van der Waals surface area contributed by atoms with E-state index in [1.165, 1.54) is 16.9 Å². The molecular formula is C23H26N2O5S. The van der Waals surface area contributed by atoms with Crippen molar-refractivity contribution >= 4 is 17.2 Å². The van der Waals surface area contributed by atoms with Crippen molar-refractivity contribution < 1.29 is 23.7 Å². The molecule has 0 saturated carbocycles. The van der Waals surface area contributed by atoms with Gasteiger partial charge in [-0.1, -0.05) is 17.7 Å². The predicted molar refractivity (Wildman–Crippen MR) is 119 cm³/mol. The van der Waals surface area contributed by atoms with Crippen molar-refractivity contribution in [3.63, 3.8) is 0 Å². The van der Waals surface area contributed by atoms with E-state index in [-0.39, 0.29) is 12.3 Å². The Kier molecular flexibility index (Phi) is 7.72. The molecule has 0 aliphatic carbocycles. The third-order valence-electron chi connectivity index (χ3n) is 4.59. The van der Waals surface area contributed by atoms with Crippen LogP contribution >= 0.6 is 11.3 Å². The molecule has 0 fully saturated rings. The molecule has 3 aromatic rings. The monoisotopic (exact) mass is 442 g/mol. The molecule has 0 unspecified atom stereocenters. The minimum absolute atomic E-state index is 0.131. The van der Waals surface area contributed by atoms with Crippen LogP contribution in [0.25, 0.3) is 0 Å². The van der Waals surface area contributed by atoms with Crippen molar-refractivity contribution in [1.82, 2.24) is 10.3 Å². The number of rotatable bonds is 10. The third kappa shape index (κ3) is 6.11. The van der Waals surface area contributed by atoms with E-state index in [2.05, 4.69) is 10.3 Å². The minimum Gasteiger partial charge on any atom is -0.496 e. The van der Waals surface area contributed by atoms with Gasteiger partial charge in [-0.2, -0.15) is 0 Å². The number of nitrogens with zero attached hydrogens (tertiary/aromatic N) is 1. The second-order valence-corrected chi connectivity index (χ2v) is 7.75. The van der Waals surface area contributed by atoms with E-state index in [1.54, 1.807) is 33.5 Å². The first-order valence-corrected chi connectivity index (χ1v) is 10.6. The quantitative estimate of drug-likeness (QED) is 0.513. The zero-order valence-corrected chi connectivity index (χ0v) is 18.9. The van der Waals surface area contributed by atoms with Gasteiger partial charge in [0.15, 0.2) is 11.5 Å². The largest absolute Gasteiger partial charge is 0.496 e. The molecule has 0 aliphatic rings. The zero-order valence-electron chi connectivity index (χ0n) is 18.1. The van der Waals surface area contributed by atoms with E-state index in [9.17, 15) is 4.79 Å². The second-order valence-electron chi connectivity index (χ2n) is 6.81. The van der Waals surface area contributed by atoms with Gasteiger partial charge in [0.25, 0.3) is 0 Å². The van der Waals surface area contributed by atoms with Crippen LogP contribution in [0.1, 0.15) is 21.8 Å². The normalized spacial score (nSPS) is 10.5. The molecule has 3 rings (SSSR count). The number of aromatic nitrogens is 1. The molecular weight excluding hydrogens is 416 g/mol. The molecule has 0 bridgehead atoms. The molecule has 2 aromatic carbocycles. The maximum absolute atomic E-state index is 12.4. The van der Waals surface area contributed by atoms with Gasteiger partial charge in [-0.15, -0.1) is 11.3 Å². The van der Waals surface area contributed by atoms with Gasteiger partial charge in [0.05, 0.1) is 33.4 Å². The fraction of sp³-hybridized carbons (Fsp3) is 0.304. The lowest BCUT2D eigenvalue weighted by Crippen LogP contribution is -2.25. The molecule has 1 aromatic heterocycles. The van der Waals surface area contributed by atoms with E-state index in [0.717, 1.165) is 16.3 Å². The summed E-state index contributed by atoms with van der Waals surface area (Å²) in [7, 11) is 4.70. The minimum atomic E-state index is -0.131. The first kappa shape index (κ1) is 22.4. The highest BCUT2D eigenvalue weighted by Gasteiger charge is 2.14. The number of ether oxygens (including phenoxy) is 4. The van der Waals surface area contributed by atoms with Crippen molar-refractivity contribution in [2.24, 2.45) is 0 Å². The smallest absolute Gasteiger partial charge is 0.226 e. The van der Waals surface area contributed by atoms with E-state index in [0.29, 0.717) is 36.1 Å². The predicted octanol–water partition coefficient (Wildman–Crippen LogP) is 3.92. The van der Waals surface area contributed by atoms with Gasteiger partial charge < -0.3 is 24.3 Å². The van der Waals surface area contributed by atoms with E-state index in [4.69, 9.17) is 18.9 Å². The van der Waals surface area contributed by atoms with Crippen LogP contribution in [0.15, 0.2) is 41.8 Å². The molecule has 0 aliphatic heterocycles. The van der Waals surface area contributed by atoms with Gasteiger partial charge in [-0.25, -0.2) is 4.98 Å². The first-order valence-electron chi connectivity index (χ1n) is 9.70. The van der Waals surface area contributed by atoms with Crippen LogP contribution in [-0.4, -0.2) is 32.2 Å². The summed E-state index contributed by atoms with van der Waals surface area (Å²) in [4.78, 5) is 16.9. The highest BCUT2D eigenvalue weighted by molar-refractivity contribution is 7.09. The van der Waals surface area contributed by atoms with E-state index >= 15 is 0 Å². The molecule has 31 heavy (non-hydrogen) atoms. The fourth-order valence-electron chi connectivity index (χ4n) is 2.93. The van der Waals surface area contributed by atoms with Crippen LogP contribution in [0, 0.1) is 6.92 Å². The average Bonchev–Trinajstić information content (AvgIpc) is 3.23. The fourth-order valence-corrected chi connectivity index (χ4v) is 3.63. The standard InChI is InChI=1S/C23H26N2O5S/c1-15-5-7-18(8-6-15)30-13-23-25-17(14-31-23)10-22(26)24-12-16-9-20(28-3)21(29-4)11-19(16)27-2/h5-9,11,14H,10,12-13H2,1-4H3,(H,24,26). The van der Waals surface area contributed by atoms with Gasteiger partial charge in [0.1, 0.15) is 23.1 Å². The van der Waals surface area contributed by atoms with Gasteiger partial charge in [-0.3, -0.25) is 4.79 Å². The van der Waals surface area contributed by atoms with Crippen molar-refractivity contribution in [2.45, 2.75) is 26.5 Å². The van der Waals surface area contributed by atoms with Crippen molar-refractivity contribution in [3.05, 3.63) is 63.6 Å². The van der Waals surface area contributed by atoms with Crippen LogP contribution in [0.3, 0.4) is 0 Å². The molecule has 0 saturated heterocycles. The molecule has 0 radical (unpaired) electrons. The molecule has 1 amide bonds.